The van der Waals surface area contributed by atoms with E-state index in [2.05, 4.69) is 230 Å². The molecule has 2 aliphatic heterocycles. The van der Waals surface area contributed by atoms with Crippen LogP contribution in [0.3, 0.4) is 0 Å². The Labute approximate surface area is 384 Å². The van der Waals surface area contributed by atoms with Gasteiger partial charge in [-0.05, 0) is 77.7 Å². The van der Waals surface area contributed by atoms with Crippen molar-refractivity contribution in [3.05, 3.63) is 76.9 Å². The Morgan fingerprint density at radius 3 is 0.817 bits per heavy atom. The summed E-state index contributed by atoms with van der Waals surface area (Å²) in [7, 11) is 0. The summed E-state index contributed by atoms with van der Waals surface area (Å²) in [5.41, 5.74) is 3.75. The highest BCUT2D eigenvalue weighted by Crippen LogP contribution is 2.71. The molecule has 1 aliphatic carbocycles. The minimum Gasteiger partial charge on any atom is -0.139 e. The van der Waals surface area contributed by atoms with Crippen molar-refractivity contribution in [3.8, 4) is 0 Å². The van der Waals surface area contributed by atoms with Crippen molar-refractivity contribution in [1.82, 2.24) is 0 Å². The third-order valence-electron chi connectivity index (χ3n) is 13.3. The molecular weight excluding hydrogens is 841 g/mol. The number of thiophene rings is 4. The summed E-state index contributed by atoms with van der Waals surface area (Å²) in [5, 5.41) is 12.9. The minimum atomic E-state index is 0.0518. The molecule has 4 atom stereocenters. The van der Waals surface area contributed by atoms with Gasteiger partial charge in [-0.1, -0.05) is 137 Å². The fourth-order valence-corrected chi connectivity index (χ4v) is 18.4. The normalized spacial score (nSPS) is 21.9. The number of fused-ring (bicyclic) bond motifs is 21. The maximum Gasteiger partial charge on any atom is 0.0438 e. The molecule has 4 aromatic heterocycles. The number of thioether (sulfide) groups is 2. The maximum atomic E-state index is 2.76. The van der Waals surface area contributed by atoms with Gasteiger partial charge in [0.1, 0.15) is 0 Å². The number of rotatable bonds is 0. The maximum absolute atomic E-state index is 2.76. The molecule has 0 saturated heterocycles. The molecule has 0 saturated carbocycles. The summed E-state index contributed by atoms with van der Waals surface area (Å²) in [5.74, 6) is 0.913. The van der Waals surface area contributed by atoms with Crippen molar-refractivity contribution < 1.29 is 0 Å². The van der Waals surface area contributed by atoms with Crippen molar-refractivity contribution in [1.29, 1.82) is 0 Å². The van der Waals surface area contributed by atoms with E-state index in [-0.39, 0.29) is 32.5 Å². The predicted molar refractivity (Wildman–Crippen MR) is 281 cm³/mol. The zero-order valence-electron chi connectivity index (χ0n) is 39.2. The van der Waals surface area contributed by atoms with Crippen LogP contribution >= 0.6 is 68.9 Å². The summed E-state index contributed by atoms with van der Waals surface area (Å²) < 4.78 is 6.06. The standard InChI is InChI=1S/C54H64S6/c1-49(2,3)31-19-25-26-20-32(50(4,5)6)56-44(26)38-37(43(25)55-31)39-41(47-28(22-34(59-47)52(10,11)12)27-21-33(51(7,8)9)57-45(27)39)42-40(38)46-29(23-35(58-46)53(13,14)15)30-24-36(54(16,17)18)60-48(30)42/h19-26,43-44H,1-18H3. The second-order valence-electron chi connectivity index (χ2n) is 24.5. The van der Waals surface area contributed by atoms with E-state index < -0.39 is 0 Å². The highest BCUT2D eigenvalue weighted by Gasteiger charge is 2.52. The van der Waals surface area contributed by atoms with Crippen LogP contribution in [0.4, 0.5) is 0 Å². The van der Waals surface area contributed by atoms with Crippen LogP contribution in [0.2, 0.25) is 0 Å². The molecule has 0 N–H and O–H groups in total. The Bertz CT molecular complexity index is 2840. The predicted octanol–water partition coefficient (Wildman–Crippen LogP) is 19.7. The molecular formula is C54H64S6. The van der Waals surface area contributed by atoms with Gasteiger partial charge in [0.15, 0.2) is 0 Å². The van der Waals surface area contributed by atoms with Crippen molar-refractivity contribution in [3.63, 3.8) is 0 Å². The van der Waals surface area contributed by atoms with Crippen LogP contribution in [0.1, 0.15) is 166 Å². The van der Waals surface area contributed by atoms with Crippen LogP contribution in [0.25, 0.3) is 61.9 Å². The number of hydrogen-bond acceptors (Lipinski definition) is 6. The van der Waals surface area contributed by atoms with Crippen molar-refractivity contribution in [2.45, 2.75) is 157 Å². The van der Waals surface area contributed by atoms with Crippen LogP contribution in [0.5, 0.6) is 0 Å². The van der Waals surface area contributed by atoms with Gasteiger partial charge in [0, 0.05) is 104 Å². The monoisotopic (exact) mass is 904 g/mol. The second kappa shape index (κ2) is 12.9. The lowest BCUT2D eigenvalue weighted by Gasteiger charge is -2.39. The van der Waals surface area contributed by atoms with Gasteiger partial charge in [0.05, 0.1) is 0 Å². The molecule has 6 heteroatoms. The van der Waals surface area contributed by atoms with E-state index in [0.29, 0.717) is 22.3 Å². The third kappa shape index (κ3) is 6.20. The van der Waals surface area contributed by atoms with Crippen LogP contribution in [0, 0.1) is 22.7 Å². The SMILES string of the molecule is CC(C)(C)C1=CC2C(S1)c1c(c3c4sc(C(C)(C)C)cc4c4cc(C(C)(C)C)sc4c3c3c4sc(C(C)(C)C)cc4c4cc(C(C)(C)C)sc4c13)C1SC(C(C)(C)C)=CC12. The number of hydrogen-bond donors (Lipinski definition) is 0. The van der Waals surface area contributed by atoms with E-state index in [1.54, 1.807) is 42.5 Å². The smallest absolute Gasteiger partial charge is 0.0438 e. The van der Waals surface area contributed by atoms with Gasteiger partial charge in [-0.3, -0.25) is 0 Å². The second-order valence-corrected chi connectivity index (χ2v) is 31.1. The van der Waals surface area contributed by atoms with Gasteiger partial charge in [-0.2, -0.15) is 0 Å². The Kier molecular flexibility index (Phi) is 9.09. The lowest BCUT2D eigenvalue weighted by molar-refractivity contribution is 0.434. The summed E-state index contributed by atoms with van der Waals surface area (Å²) in [4.78, 5) is 9.11. The van der Waals surface area contributed by atoms with Crippen LogP contribution < -0.4 is 0 Å². The molecule has 3 aromatic carbocycles. The van der Waals surface area contributed by atoms with Crippen LogP contribution in [-0.2, 0) is 21.7 Å². The first-order valence-corrected chi connectivity index (χ1v) is 27.2. The van der Waals surface area contributed by atoms with E-state index in [4.69, 9.17) is 0 Å². The fourth-order valence-electron chi connectivity index (χ4n) is 9.91. The first-order chi connectivity index (χ1) is 27.5. The summed E-state index contributed by atoms with van der Waals surface area (Å²) in [6.07, 6.45) is 5.53. The van der Waals surface area contributed by atoms with Gasteiger partial charge in [0.2, 0.25) is 0 Å². The molecule has 0 amide bonds. The zero-order valence-corrected chi connectivity index (χ0v) is 44.1. The lowest BCUT2D eigenvalue weighted by Crippen LogP contribution is -2.25. The lowest BCUT2D eigenvalue weighted by atomic mass is 9.71. The zero-order chi connectivity index (χ0) is 43.3. The van der Waals surface area contributed by atoms with Gasteiger partial charge in [-0.15, -0.1) is 68.9 Å². The van der Waals surface area contributed by atoms with Gasteiger partial charge in [-0.25, -0.2) is 0 Å². The molecule has 6 heterocycles. The molecule has 3 aliphatic rings. The minimum absolute atomic E-state index is 0.0518. The largest absolute Gasteiger partial charge is 0.139 e. The molecule has 0 radical (unpaired) electrons. The van der Waals surface area contributed by atoms with Crippen molar-refractivity contribution in [2.75, 3.05) is 0 Å². The van der Waals surface area contributed by atoms with Crippen molar-refractivity contribution in [2.24, 2.45) is 22.7 Å². The average Bonchev–Trinajstić information content (AvgIpc) is 3.94. The topological polar surface area (TPSA) is 0 Å². The quantitative estimate of drug-likeness (QED) is 0.139. The van der Waals surface area contributed by atoms with Gasteiger partial charge >= 0.3 is 0 Å². The van der Waals surface area contributed by atoms with Gasteiger partial charge in [0.25, 0.3) is 0 Å². The molecule has 7 aromatic rings. The number of allylic oxidation sites excluding steroid dienone is 4. The molecule has 4 unspecified atom stereocenters. The molecule has 60 heavy (non-hydrogen) atoms. The van der Waals surface area contributed by atoms with E-state index in [1.807, 2.05) is 0 Å². The Morgan fingerprint density at radius 1 is 0.333 bits per heavy atom. The van der Waals surface area contributed by atoms with Crippen LogP contribution in [0.15, 0.2) is 46.2 Å². The Hall–Kier alpha value is -1.80. The highest BCUT2D eigenvalue weighted by atomic mass is 32.2. The van der Waals surface area contributed by atoms with Crippen LogP contribution in [-0.4, -0.2) is 0 Å². The number of benzene rings is 3. The summed E-state index contributed by atoms with van der Waals surface area (Å²) >= 11 is 12.9. The first-order valence-electron chi connectivity index (χ1n) is 22.1. The Balaban J connectivity index is 1.53. The Morgan fingerprint density at radius 2 is 0.583 bits per heavy atom. The molecule has 0 nitrogen and oxygen atoms in total. The fraction of sp³-hybridized carbons (Fsp3) is 0.519. The molecule has 10 rings (SSSR count). The van der Waals surface area contributed by atoms with E-state index in [1.165, 1.54) is 59.9 Å². The highest BCUT2D eigenvalue weighted by molar-refractivity contribution is 8.04. The molecule has 0 spiro atoms. The van der Waals surface area contributed by atoms with Crippen molar-refractivity contribution >= 4 is 131 Å². The van der Waals surface area contributed by atoms with Gasteiger partial charge < -0.3 is 0 Å². The molecule has 0 fully saturated rings. The third-order valence-corrected chi connectivity index (χ3v) is 23.3. The summed E-state index contributed by atoms with van der Waals surface area (Å²) in [6.45, 7) is 43.7. The van der Waals surface area contributed by atoms with E-state index in [9.17, 15) is 0 Å². The van der Waals surface area contributed by atoms with E-state index in [0.717, 1.165) is 0 Å². The first kappa shape index (κ1) is 42.2. The van der Waals surface area contributed by atoms with E-state index >= 15 is 0 Å². The summed E-state index contributed by atoms with van der Waals surface area (Å²) in [6, 6.07) is 10.4. The average molecular weight is 906 g/mol. The molecule has 0 bridgehead atoms. The molecule has 316 valence electrons.